The number of methoxy groups -OCH3 is 1. The van der Waals surface area contributed by atoms with Crippen LogP contribution in [0.3, 0.4) is 0 Å². The molecular weight excluding hydrogens is 560 g/mol. The molecule has 0 saturated carbocycles. The smallest absolute Gasteiger partial charge is 0.254 e. The first kappa shape index (κ1) is 29.4. The Bertz CT molecular complexity index is 1650. The van der Waals surface area contributed by atoms with Crippen molar-refractivity contribution in [2.45, 2.75) is 51.6 Å². The summed E-state index contributed by atoms with van der Waals surface area (Å²) in [5.41, 5.74) is 6.31. The number of aliphatic hydroxyl groups is 1. The van der Waals surface area contributed by atoms with E-state index >= 15 is 0 Å². The van der Waals surface area contributed by atoms with Crippen LogP contribution in [0.1, 0.15) is 54.4 Å². The molecule has 2 aliphatic rings. The summed E-state index contributed by atoms with van der Waals surface area (Å²) in [4.78, 5) is 31.9. The van der Waals surface area contributed by atoms with Crippen LogP contribution in [0.5, 0.6) is 11.5 Å². The zero-order chi connectivity index (χ0) is 30.6. The Kier molecular flexibility index (Phi) is 8.63. The minimum Gasteiger partial charge on any atom is -0.497 e. The Labute approximate surface area is 256 Å². The van der Waals surface area contributed by atoms with Gasteiger partial charge in [0.15, 0.2) is 12.2 Å². The Hall–Kier alpha value is -4.67. The van der Waals surface area contributed by atoms with E-state index in [1.54, 1.807) is 37.4 Å². The Morgan fingerprint density at radius 1 is 1.05 bits per heavy atom. The topological polar surface area (TPSA) is 126 Å². The lowest BCUT2D eigenvalue weighted by molar-refractivity contribution is 0.0734. The highest BCUT2D eigenvalue weighted by molar-refractivity contribution is 5.95. The van der Waals surface area contributed by atoms with Gasteiger partial charge < -0.3 is 34.5 Å². The number of carbonyl (C=O) groups is 2. The van der Waals surface area contributed by atoms with Crippen LogP contribution in [-0.4, -0.2) is 59.1 Å². The summed E-state index contributed by atoms with van der Waals surface area (Å²) in [7, 11) is 1.60. The number of oxazole rings is 1. The van der Waals surface area contributed by atoms with E-state index in [1.807, 2.05) is 42.2 Å². The van der Waals surface area contributed by atoms with E-state index in [4.69, 9.17) is 13.9 Å². The number of nitrogens with zero attached hydrogens (tertiary/aromatic N) is 2. The summed E-state index contributed by atoms with van der Waals surface area (Å²) in [6.07, 6.45) is 1.96. The third kappa shape index (κ3) is 6.46. The van der Waals surface area contributed by atoms with Crippen LogP contribution < -0.4 is 20.1 Å². The number of aryl methyl sites for hydroxylation is 1. The van der Waals surface area contributed by atoms with Crippen molar-refractivity contribution in [2.24, 2.45) is 0 Å². The first-order valence-corrected chi connectivity index (χ1v) is 14.8. The molecule has 0 fully saturated rings. The fraction of sp³-hybridized carbons (Fsp3) is 0.324. The van der Waals surface area contributed by atoms with Crippen molar-refractivity contribution in [3.05, 3.63) is 112 Å². The van der Waals surface area contributed by atoms with Crippen molar-refractivity contribution < 1.29 is 28.6 Å². The summed E-state index contributed by atoms with van der Waals surface area (Å²) in [5, 5.41) is 17.2. The van der Waals surface area contributed by atoms with Crippen LogP contribution in [0, 0.1) is 6.92 Å². The normalized spacial score (nSPS) is 16.4. The summed E-state index contributed by atoms with van der Waals surface area (Å²) in [5.74, 6) is 1.89. The number of aromatic nitrogens is 1. The molecule has 6 rings (SSSR count). The molecule has 0 saturated heterocycles. The Morgan fingerprint density at radius 2 is 1.82 bits per heavy atom. The van der Waals surface area contributed by atoms with Crippen molar-refractivity contribution in [3.8, 4) is 11.5 Å². The highest BCUT2D eigenvalue weighted by atomic mass is 16.5. The number of fused-ring (bicyclic) bond motifs is 2. The molecule has 0 spiro atoms. The third-order valence-electron chi connectivity index (χ3n) is 8.43. The molecule has 3 N–H and O–H groups in total. The molecule has 10 heteroatoms. The number of aliphatic hydroxyl groups excluding tert-OH is 1. The summed E-state index contributed by atoms with van der Waals surface area (Å²) < 4.78 is 16.4. The molecule has 3 aromatic carbocycles. The second-order valence-electron chi connectivity index (χ2n) is 11.2. The molecule has 0 bridgehead atoms. The van der Waals surface area contributed by atoms with Gasteiger partial charge in [-0.15, -0.1) is 0 Å². The summed E-state index contributed by atoms with van der Waals surface area (Å²) >= 11 is 0. The van der Waals surface area contributed by atoms with Crippen LogP contribution in [-0.2, 0) is 32.5 Å². The standard InChI is InChI=1S/C34H36N4O6/c1-21-32(44-20-37-21)19-43-29-10-7-23-15-30(35-16-27(23)14-29)31(39)17-36-33(40)25-3-4-26-18-38(12-11-24(26)13-25)34(41)22-5-8-28(42-2)9-6-22/h3-10,13-14,20,30-31,35,39H,11-12,15-19H2,1-2H3,(H,36,40)/t30-,31+/m0/s1. The average molecular weight is 597 g/mol. The van der Waals surface area contributed by atoms with Gasteiger partial charge in [0.25, 0.3) is 11.8 Å². The summed E-state index contributed by atoms with van der Waals surface area (Å²) in [6, 6.07) is 18.5. The van der Waals surface area contributed by atoms with Gasteiger partial charge in [-0.2, -0.15) is 0 Å². The number of hydrogen-bond donors (Lipinski definition) is 3. The van der Waals surface area contributed by atoms with Gasteiger partial charge in [-0.1, -0.05) is 12.1 Å². The number of nitrogens with one attached hydrogen (secondary N) is 2. The maximum Gasteiger partial charge on any atom is 0.254 e. The van der Waals surface area contributed by atoms with Gasteiger partial charge in [0.05, 0.1) is 18.9 Å². The Morgan fingerprint density at radius 3 is 2.59 bits per heavy atom. The van der Waals surface area contributed by atoms with Crippen LogP contribution in [0.4, 0.5) is 0 Å². The minimum atomic E-state index is -0.757. The van der Waals surface area contributed by atoms with E-state index in [2.05, 4.69) is 15.6 Å². The SMILES string of the molecule is COc1ccc(C(=O)N2CCc3cc(C(=O)NC[C@@H](O)[C@@H]4Cc5ccc(OCc6ocnc6C)cc5CN4)ccc3C2)cc1. The van der Waals surface area contributed by atoms with Crippen molar-refractivity contribution in [3.63, 3.8) is 0 Å². The second-order valence-corrected chi connectivity index (χ2v) is 11.2. The molecule has 3 heterocycles. The van der Waals surface area contributed by atoms with E-state index in [1.165, 1.54) is 6.39 Å². The number of amides is 2. The maximum absolute atomic E-state index is 13.0. The molecule has 10 nitrogen and oxygen atoms in total. The molecule has 0 radical (unpaired) electrons. The molecule has 44 heavy (non-hydrogen) atoms. The van der Waals surface area contributed by atoms with Crippen molar-refractivity contribution in [1.29, 1.82) is 0 Å². The number of rotatable bonds is 9. The summed E-state index contributed by atoms with van der Waals surface area (Å²) in [6.45, 7) is 3.97. The van der Waals surface area contributed by atoms with E-state index in [-0.39, 0.29) is 24.4 Å². The number of carbonyl (C=O) groups excluding carboxylic acids is 2. The fourth-order valence-corrected chi connectivity index (χ4v) is 5.72. The quantitative estimate of drug-likeness (QED) is 0.268. The first-order chi connectivity index (χ1) is 21.4. The molecular formula is C34H36N4O6. The van der Waals surface area contributed by atoms with Gasteiger partial charge in [-0.05, 0) is 90.6 Å². The average Bonchev–Trinajstić information content (AvgIpc) is 3.49. The number of hydrogen-bond acceptors (Lipinski definition) is 8. The van der Waals surface area contributed by atoms with Crippen molar-refractivity contribution >= 4 is 11.8 Å². The molecule has 2 aliphatic heterocycles. The van der Waals surface area contributed by atoms with Gasteiger partial charge in [0, 0.05) is 43.3 Å². The van der Waals surface area contributed by atoms with Crippen molar-refractivity contribution in [2.75, 3.05) is 20.2 Å². The van der Waals surface area contributed by atoms with Crippen LogP contribution in [0.15, 0.2) is 71.5 Å². The predicted molar refractivity (Wildman–Crippen MR) is 163 cm³/mol. The predicted octanol–water partition coefficient (Wildman–Crippen LogP) is 3.57. The van der Waals surface area contributed by atoms with Gasteiger partial charge >= 0.3 is 0 Å². The molecule has 0 unspecified atom stereocenters. The zero-order valence-electron chi connectivity index (χ0n) is 24.8. The lowest BCUT2D eigenvalue weighted by atomic mass is 9.92. The third-order valence-corrected chi connectivity index (χ3v) is 8.43. The van der Waals surface area contributed by atoms with Crippen LogP contribution >= 0.6 is 0 Å². The molecule has 228 valence electrons. The first-order valence-electron chi connectivity index (χ1n) is 14.8. The van der Waals surface area contributed by atoms with Crippen molar-refractivity contribution in [1.82, 2.24) is 20.5 Å². The van der Waals surface area contributed by atoms with Crippen LogP contribution in [0.25, 0.3) is 0 Å². The van der Waals surface area contributed by atoms with Gasteiger partial charge in [-0.25, -0.2) is 4.98 Å². The van der Waals surface area contributed by atoms with Gasteiger partial charge in [0.2, 0.25) is 0 Å². The van der Waals surface area contributed by atoms with E-state index in [0.717, 1.165) is 33.7 Å². The van der Waals surface area contributed by atoms with Gasteiger partial charge in [-0.3, -0.25) is 9.59 Å². The number of ether oxygens (including phenoxy) is 2. The highest BCUT2D eigenvalue weighted by Crippen LogP contribution is 2.25. The lowest BCUT2D eigenvalue weighted by Gasteiger charge is -2.30. The second kappa shape index (κ2) is 12.9. The zero-order valence-corrected chi connectivity index (χ0v) is 24.8. The molecule has 0 aliphatic carbocycles. The monoisotopic (exact) mass is 596 g/mol. The van der Waals surface area contributed by atoms with Gasteiger partial charge in [0.1, 0.15) is 18.1 Å². The number of benzene rings is 3. The minimum absolute atomic E-state index is 0.0280. The highest BCUT2D eigenvalue weighted by Gasteiger charge is 2.26. The fourth-order valence-electron chi connectivity index (χ4n) is 5.72. The molecule has 1 aromatic heterocycles. The van der Waals surface area contributed by atoms with E-state index in [0.29, 0.717) is 61.7 Å². The molecule has 4 aromatic rings. The molecule has 2 atom stereocenters. The van der Waals surface area contributed by atoms with Crippen LogP contribution in [0.2, 0.25) is 0 Å². The van der Waals surface area contributed by atoms with E-state index < -0.39 is 6.10 Å². The van der Waals surface area contributed by atoms with E-state index in [9.17, 15) is 14.7 Å². The maximum atomic E-state index is 13.0. The lowest BCUT2D eigenvalue weighted by Crippen LogP contribution is -2.49. The molecule has 2 amide bonds. The Balaban J connectivity index is 0.996. The largest absolute Gasteiger partial charge is 0.497 e.